The SMILES string of the molecule is COc1c(Br)cc(F)c(F)c1C1(N=C=O)CCC1. The van der Waals surface area contributed by atoms with Crippen molar-refractivity contribution < 1.29 is 18.3 Å². The average Bonchev–Trinajstić information content (AvgIpc) is 2.28. The lowest BCUT2D eigenvalue weighted by atomic mass is 9.71. The van der Waals surface area contributed by atoms with Gasteiger partial charge in [0.1, 0.15) is 11.3 Å². The molecular formula is C12H10BrF2NO2. The maximum Gasteiger partial charge on any atom is 0.235 e. The highest BCUT2D eigenvalue weighted by molar-refractivity contribution is 9.10. The third kappa shape index (κ3) is 1.85. The molecule has 0 aromatic heterocycles. The van der Waals surface area contributed by atoms with Crippen LogP contribution in [0.1, 0.15) is 24.8 Å². The summed E-state index contributed by atoms with van der Waals surface area (Å²) in [5, 5.41) is 0. The molecule has 1 aromatic rings. The van der Waals surface area contributed by atoms with E-state index in [9.17, 15) is 13.6 Å². The Morgan fingerprint density at radius 3 is 2.61 bits per heavy atom. The fourth-order valence-electron chi connectivity index (χ4n) is 2.21. The number of rotatable bonds is 3. The molecular weight excluding hydrogens is 308 g/mol. The first kappa shape index (κ1) is 13.2. The van der Waals surface area contributed by atoms with Gasteiger partial charge < -0.3 is 4.74 Å². The minimum absolute atomic E-state index is 0.00789. The van der Waals surface area contributed by atoms with Crippen LogP contribution in [0.25, 0.3) is 0 Å². The second-order valence-electron chi connectivity index (χ2n) is 4.15. The molecule has 0 radical (unpaired) electrons. The van der Waals surface area contributed by atoms with Gasteiger partial charge in [0.25, 0.3) is 0 Å². The van der Waals surface area contributed by atoms with Crippen LogP contribution in [0.2, 0.25) is 0 Å². The first-order valence-corrected chi connectivity index (χ1v) is 6.16. The summed E-state index contributed by atoms with van der Waals surface area (Å²) in [6.07, 6.45) is 3.19. The van der Waals surface area contributed by atoms with Crippen molar-refractivity contribution in [3.8, 4) is 5.75 Å². The van der Waals surface area contributed by atoms with E-state index in [-0.39, 0.29) is 11.3 Å². The first-order valence-electron chi connectivity index (χ1n) is 5.37. The molecule has 18 heavy (non-hydrogen) atoms. The van der Waals surface area contributed by atoms with E-state index in [1.807, 2.05) is 0 Å². The molecule has 1 fully saturated rings. The zero-order valence-corrected chi connectivity index (χ0v) is 11.2. The van der Waals surface area contributed by atoms with Gasteiger partial charge in [0.05, 0.1) is 17.1 Å². The lowest BCUT2D eigenvalue weighted by Crippen LogP contribution is -2.34. The molecule has 2 rings (SSSR count). The molecule has 6 heteroatoms. The molecule has 0 saturated heterocycles. The Morgan fingerprint density at radius 2 is 2.17 bits per heavy atom. The summed E-state index contributed by atoms with van der Waals surface area (Å²) in [6, 6.07) is 0.995. The number of benzene rings is 1. The van der Waals surface area contributed by atoms with Crippen LogP contribution in [-0.4, -0.2) is 13.2 Å². The van der Waals surface area contributed by atoms with Crippen LogP contribution >= 0.6 is 15.9 Å². The summed E-state index contributed by atoms with van der Waals surface area (Å²) in [5.74, 6) is -1.84. The Bertz CT molecular complexity index is 537. The number of nitrogens with zero attached hydrogens (tertiary/aromatic N) is 1. The average molecular weight is 318 g/mol. The Labute approximate surface area is 111 Å². The summed E-state index contributed by atoms with van der Waals surface area (Å²) in [6.45, 7) is 0. The molecule has 0 aliphatic heterocycles. The third-order valence-corrected chi connectivity index (χ3v) is 3.83. The van der Waals surface area contributed by atoms with Crippen molar-refractivity contribution in [2.45, 2.75) is 24.8 Å². The molecule has 96 valence electrons. The minimum atomic E-state index is -1.04. The van der Waals surface area contributed by atoms with E-state index in [1.165, 1.54) is 13.2 Å². The lowest BCUT2D eigenvalue weighted by molar-refractivity contribution is 0.233. The van der Waals surface area contributed by atoms with Crippen molar-refractivity contribution in [3.05, 3.63) is 27.7 Å². The zero-order valence-electron chi connectivity index (χ0n) is 9.60. The highest BCUT2D eigenvalue weighted by Gasteiger charge is 2.44. The van der Waals surface area contributed by atoms with Gasteiger partial charge in [-0.15, -0.1) is 0 Å². The summed E-state index contributed by atoms with van der Waals surface area (Å²) in [5.41, 5.74) is -1.05. The molecule has 0 atom stereocenters. The summed E-state index contributed by atoms with van der Waals surface area (Å²) in [7, 11) is 1.36. The minimum Gasteiger partial charge on any atom is -0.495 e. The number of halogens is 3. The second-order valence-corrected chi connectivity index (χ2v) is 5.01. The van der Waals surface area contributed by atoms with E-state index in [2.05, 4.69) is 20.9 Å². The van der Waals surface area contributed by atoms with Gasteiger partial charge in [-0.2, -0.15) is 4.99 Å². The van der Waals surface area contributed by atoms with Gasteiger partial charge in [0.15, 0.2) is 11.6 Å². The predicted octanol–water partition coefficient (Wildman–Crippen LogP) is 3.45. The molecule has 0 amide bonds. The largest absolute Gasteiger partial charge is 0.495 e. The Morgan fingerprint density at radius 1 is 1.50 bits per heavy atom. The number of aliphatic imine (C=N–C) groups is 1. The van der Waals surface area contributed by atoms with Gasteiger partial charge in [-0.05, 0) is 41.3 Å². The van der Waals surface area contributed by atoms with Crippen LogP contribution in [0, 0.1) is 11.6 Å². The van der Waals surface area contributed by atoms with Crippen LogP contribution in [0.3, 0.4) is 0 Å². The molecule has 0 heterocycles. The fraction of sp³-hybridized carbons (Fsp3) is 0.417. The van der Waals surface area contributed by atoms with Crippen molar-refractivity contribution in [3.63, 3.8) is 0 Å². The second kappa shape index (κ2) is 4.78. The van der Waals surface area contributed by atoms with Crippen LogP contribution < -0.4 is 4.74 Å². The third-order valence-electron chi connectivity index (χ3n) is 3.24. The molecule has 1 saturated carbocycles. The molecule has 0 N–H and O–H groups in total. The standard InChI is InChI=1S/C12H10BrF2NO2/c1-18-11-7(13)5-8(14)10(15)9(11)12(16-6-17)3-2-4-12/h5H,2-4H2,1H3. The zero-order chi connectivity index (χ0) is 13.3. The summed E-state index contributed by atoms with van der Waals surface area (Å²) < 4.78 is 32.9. The highest BCUT2D eigenvalue weighted by Crippen LogP contribution is 2.51. The number of hydrogen-bond donors (Lipinski definition) is 0. The van der Waals surface area contributed by atoms with E-state index < -0.39 is 17.2 Å². The highest BCUT2D eigenvalue weighted by atomic mass is 79.9. The van der Waals surface area contributed by atoms with E-state index in [0.29, 0.717) is 17.3 Å². The van der Waals surface area contributed by atoms with Crippen LogP contribution in [0.15, 0.2) is 15.5 Å². The summed E-state index contributed by atoms with van der Waals surface area (Å²) in [4.78, 5) is 14.2. The lowest BCUT2D eigenvalue weighted by Gasteiger charge is -2.38. The van der Waals surface area contributed by atoms with Crippen LogP contribution in [-0.2, 0) is 10.3 Å². The number of isocyanates is 1. The van der Waals surface area contributed by atoms with E-state index in [1.54, 1.807) is 0 Å². The van der Waals surface area contributed by atoms with E-state index >= 15 is 0 Å². The fourth-order valence-corrected chi connectivity index (χ4v) is 2.77. The monoisotopic (exact) mass is 317 g/mol. The van der Waals surface area contributed by atoms with Gasteiger partial charge in [0, 0.05) is 0 Å². The topological polar surface area (TPSA) is 38.7 Å². The van der Waals surface area contributed by atoms with E-state index in [4.69, 9.17) is 4.74 Å². The molecule has 0 unspecified atom stereocenters. The first-order chi connectivity index (χ1) is 8.55. The Kier molecular flexibility index (Phi) is 3.50. The number of carbonyl (C=O) groups excluding carboxylic acids is 1. The maximum absolute atomic E-state index is 14.0. The van der Waals surface area contributed by atoms with Crippen molar-refractivity contribution in [2.75, 3.05) is 7.11 Å². The van der Waals surface area contributed by atoms with Gasteiger partial charge >= 0.3 is 0 Å². The normalized spacial score (nSPS) is 16.7. The van der Waals surface area contributed by atoms with Gasteiger partial charge in [-0.3, -0.25) is 0 Å². The van der Waals surface area contributed by atoms with Gasteiger partial charge in [-0.25, -0.2) is 13.6 Å². The molecule has 1 aliphatic carbocycles. The van der Waals surface area contributed by atoms with Crippen molar-refractivity contribution in [1.29, 1.82) is 0 Å². The van der Waals surface area contributed by atoms with Crippen LogP contribution in [0.4, 0.5) is 8.78 Å². The van der Waals surface area contributed by atoms with Gasteiger partial charge in [0.2, 0.25) is 6.08 Å². The van der Waals surface area contributed by atoms with Crippen molar-refractivity contribution in [1.82, 2.24) is 0 Å². The maximum atomic E-state index is 14.0. The number of hydrogen-bond acceptors (Lipinski definition) is 3. The van der Waals surface area contributed by atoms with Crippen molar-refractivity contribution in [2.24, 2.45) is 4.99 Å². The summed E-state index contributed by atoms with van der Waals surface area (Å²) >= 11 is 3.12. The molecule has 0 bridgehead atoms. The molecule has 0 spiro atoms. The predicted molar refractivity (Wildman–Crippen MR) is 64.3 cm³/mol. The Balaban J connectivity index is 2.72. The Hall–Kier alpha value is -1.26. The number of methoxy groups -OCH3 is 1. The van der Waals surface area contributed by atoms with Gasteiger partial charge in [-0.1, -0.05) is 0 Å². The quantitative estimate of drug-likeness (QED) is 0.486. The van der Waals surface area contributed by atoms with Crippen LogP contribution in [0.5, 0.6) is 5.75 Å². The van der Waals surface area contributed by atoms with E-state index in [0.717, 1.165) is 12.5 Å². The smallest absolute Gasteiger partial charge is 0.235 e. The molecule has 3 nitrogen and oxygen atoms in total. The molecule has 1 aromatic carbocycles. The van der Waals surface area contributed by atoms with Crippen molar-refractivity contribution >= 4 is 22.0 Å². The molecule has 1 aliphatic rings. The number of ether oxygens (including phenoxy) is 1.